The Morgan fingerprint density at radius 3 is 2.24 bits per heavy atom. The summed E-state index contributed by atoms with van der Waals surface area (Å²) in [5, 5.41) is 0. The summed E-state index contributed by atoms with van der Waals surface area (Å²) in [4.78, 5) is 0.287. The molecule has 0 spiro atoms. The molecule has 4 nitrogen and oxygen atoms in total. The third-order valence-corrected chi connectivity index (χ3v) is 4.52. The van der Waals surface area contributed by atoms with Gasteiger partial charge in [-0.3, -0.25) is 0 Å². The molecule has 1 unspecified atom stereocenters. The normalized spacial score (nSPS) is 13.0. The van der Waals surface area contributed by atoms with Crippen molar-refractivity contribution in [3.05, 3.63) is 59.2 Å². The van der Waals surface area contributed by atoms with Gasteiger partial charge in [-0.05, 0) is 30.7 Å². The summed E-state index contributed by atoms with van der Waals surface area (Å²) in [5.74, 6) is 0.722. The highest BCUT2D eigenvalue weighted by atomic mass is 32.2. The minimum absolute atomic E-state index is 0.287. The molecule has 0 radical (unpaired) electrons. The van der Waals surface area contributed by atoms with Crippen LogP contribution in [0.15, 0.2) is 47.4 Å². The van der Waals surface area contributed by atoms with Gasteiger partial charge < -0.3 is 10.5 Å². The van der Waals surface area contributed by atoms with Gasteiger partial charge in [0.15, 0.2) is 9.84 Å². The smallest absolute Gasteiger partial charge is 0.175 e. The Kier molecular flexibility index (Phi) is 4.34. The molecule has 0 bridgehead atoms. The Labute approximate surface area is 125 Å². The second-order valence-corrected chi connectivity index (χ2v) is 7.08. The lowest BCUT2D eigenvalue weighted by Gasteiger charge is -2.17. The maximum Gasteiger partial charge on any atom is 0.175 e. The number of methoxy groups -OCH3 is 1. The van der Waals surface area contributed by atoms with E-state index in [4.69, 9.17) is 10.5 Å². The number of nitrogens with two attached hydrogens (primary N) is 1. The largest absolute Gasteiger partial charge is 0.496 e. The van der Waals surface area contributed by atoms with Crippen LogP contribution in [0.25, 0.3) is 0 Å². The van der Waals surface area contributed by atoms with Gasteiger partial charge in [-0.2, -0.15) is 0 Å². The molecule has 0 amide bonds. The molecule has 112 valence electrons. The highest BCUT2D eigenvalue weighted by Crippen LogP contribution is 2.29. The van der Waals surface area contributed by atoms with Crippen LogP contribution in [0, 0.1) is 6.92 Å². The highest BCUT2D eigenvalue weighted by Gasteiger charge is 2.15. The highest BCUT2D eigenvalue weighted by molar-refractivity contribution is 7.90. The van der Waals surface area contributed by atoms with Gasteiger partial charge in [0.25, 0.3) is 0 Å². The zero-order chi connectivity index (χ0) is 15.6. The fourth-order valence-electron chi connectivity index (χ4n) is 2.20. The molecule has 21 heavy (non-hydrogen) atoms. The first-order valence-corrected chi connectivity index (χ1v) is 8.42. The molecular weight excluding hydrogens is 286 g/mol. The van der Waals surface area contributed by atoms with Crippen LogP contribution < -0.4 is 10.5 Å². The molecule has 5 heteroatoms. The fraction of sp³-hybridized carbons (Fsp3) is 0.250. The standard InChI is InChI=1S/C16H19NO3S/c1-11-4-9-15(20-2)14(10-11)16(17)12-5-7-13(8-6-12)21(3,18)19/h4-10,16H,17H2,1-3H3. The molecule has 0 aliphatic rings. The summed E-state index contributed by atoms with van der Waals surface area (Å²) >= 11 is 0. The Bertz CT molecular complexity index is 737. The summed E-state index contributed by atoms with van der Waals surface area (Å²) in [6, 6.07) is 12.1. The number of hydrogen-bond donors (Lipinski definition) is 1. The van der Waals surface area contributed by atoms with Crippen LogP contribution in [-0.4, -0.2) is 21.8 Å². The van der Waals surface area contributed by atoms with Gasteiger partial charge >= 0.3 is 0 Å². The predicted molar refractivity (Wildman–Crippen MR) is 83.3 cm³/mol. The van der Waals surface area contributed by atoms with E-state index in [1.165, 1.54) is 6.26 Å². The van der Waals surface area contributed by atoms with Crippen LogP contribution >= 0.6 is 0 Å². The Morgan fingerprint density at radius 1 is 1.10 bits per heavy atom. The second kappa shape index (κ2) is 5.87. The molecule has 0 saturated carbocycles. The van der Waals surface area contributed by atoms with Gasteiger partial charge in [0.05, 0.1) is 18.0 Å². The number of aryl methyl sites for hydroxylation is 1. The quantitative estimate of drug-likeness (QED) is 0.942. The Morgan fingerprint density at radius 2 is 1.71 bits per heavy atom. The van der Waals surface area contributed by atoms with Crippen molar-refractivity contribution >= 4 is 9.84 Å². The molecule has 2 aromatic rings. The lowest BCUT2D eigenvalue weighted by Crippen LogP contribution is -2.13. The number of sulfone groups is 1. The van der Waals surface area contributed by atoms with Gasteiger partial charge in [0.1, 0.15) is 5.75 Å². The van der Waals surface area contributed by atoms with Gasteiger partial charge in [0.2, 0.25) is 0 Å². The molecule has 1 atom stereocenters. The van der Waals surface area contributed by atoms with E-state index in [2.05, 4.69) is 0 Å². The van der Waals surface area contributed by atoms with E-state index in [1.54, 1.807) is 31.4 Å². The molecule has 0 aromatic heterocycles. The van der Waals surface area contributed by atoms with Crippen LogP contribution in [-0.2, 0) is 9.84 Å². The van der Waals surface area contributed by atoms with Crippen molar-refractivity contribution in [2.75, 3.05) is 13.4 Å². The molecule has 2 rings (SSSR count). The number of rotatable bonds is 4. The monoisotopic (exact) mass is 305 g/mol. The number of hydrogen-bond acceptors (Lipinski definition) is 4. The first-order valence-electron chi connectivity index (χ1n) is 6.53. The van der Waals surface area contributed by atoms with Crippen molar-refractivity contribution in [2.45, 2.75) is 17.9 Å². The maximum absolute atomic E-state index is 11.5. The van der Waals surface area contributed by atoms with Crippen molar-refractivity contribution in [1.82, 2.24) is 0 Å². The SMILES string of the molecule is COc1ccc(C)cc1C(N)c1ccc(S(C)(=O)=O)cc1. The first kappa shape index (κ1) is 15.5. The fourth-order valence-corrected chi connectivity index (χ4v) is 2.83. The van der Waals surface area contributed by atoms with E-state index in [9.17, 15) is 8.42 Å². The van der Waals surface area contributed by atoms with Crippen LogP contribution in [0.5, 0.6) is 5.75 Å². The molecule has 0 heterocycles. The zero-order valence-electron chi connectivity index (χ0n) is 12.3. The molecule has 2 aromatic carbocycles. The molecule has 2 N–H and O–H groups in total. The first-order chi connectivity index (χ1) is 9.82. The van der Waals surface area contributed by atoms with E-state index in [0.717, 1.165) is 22.4 Å². The summed E-state index contributed by atoms with van der Waals surface area (Å²) in [5.41, 5.74) is 9.10. The average Bonchev–Trinajstić information content (AvgIpc) is 2.45. The predicted octanol–water partition coefficient (Wildman–Crippen LogP) is 2.46. The molecule has 0 aliphatic heterocycles. The maximum atomic E-state index is 11.5. The lowest BCUT2D eigenvalue weighted by atomic mass is 9.97. The number of benzene rings is 2. The molecule has 0 fully saturated rings. The van der Waals surface area contributed by atoms with E-state index < -0.39 is 9.84 Å². The topological polar surface area (TPSA) is 69.4 Å². The third-order valence-electron chi connectivity index (χ3n) is 3.39. The average molecular weight is 305 g/mol. The van der Waals surface area contributed by atoms with Crippen LogP contribution in [0.3, 0.4) is 0 Å². The minimum Gasteiger partial charge on any atom is -0.496 e. The molecule has 0 saturated heterocycles. The number of ether oxygens (including phenoxy) is 1. The zero-order valence-corrected chi connectivity index (χ0v) is 13.1. The van der Waals surface area contributed by atoms with Crippen molar-refractivity contribution in [3.63, 3.8) is 0 Å². The van der Waals surface area contributed by atoms with Crippen LogP contribution in [0.4, 0.5) is 0 Å². The molecule has 0 aliphatic carbocycles. The Balaban J connectivity index is 2.40. The van der Waals surface area contributed by atoms with Crippen molar-refractivity contribution < 1.29 is 13.2 Å². The third kappa shape index (κ3) is 3.43. The van der Waals surface area contributed by atoms with Crippen molar-refractivity contribution in [2.24, 2.45) is 5.73 Å². The van der Waals surface area contributed by atoms with Gasteiger partial charge in [-0.15, -0.1) is 0 Å². The summed E-state index contributed by atoms with van der Waals surface area (Å²) in [6.45, 7) is 1.99. The minimum atomic E-state index is -3.19. The Hall–Kier alpha value is -1.85. The second-order valence-electron chi connectivity index (χ2n) is 5.06. The van der Waals surface area contributed by atoms with Crippen LogP contribution in [0.1, 0.15) is 22.7 Å². The van der Waals surface area contributed by atoms with E-state index in [-0.39, 0.29) is 10.9 Å². The summed E-state index contributed by atoms with van der Waals surface area (Å²) in [7, 11) is -1.59. The van der Waals surface area contributed by atoms with Gasteiger partial charge in [0, 0.05) is 11.8 Å². The lowest BCUT2D eigenvalue weighted by molar-refractivity contribution is 0.407. The summed E-state index contributed by atoms with van der Waals surface area (Å²) < 4.78 is 28.3. The summed E-state index contributed by atoms with van der Waals surface area (Å²) in [6.07, 6.45) is 1.19. The van der Waals surface area contributed by atoms with E-state index in [0.29, 0.717) is 0 Å². The van der Waals surface area contributed by atoms with Crippen molar-refractivity contribution in [3.8, 4) is 5.75 Å². The van der Waals surface area contributed by atoms with Crippen LogP contribution in [0.2, 0.25) is 0 Å². The van der Waals surface area contributed by atoms with E-state index >= 15 is 0 Å². The van der Waals surface area contributed by atoms with E-state index in [1.807, 2.05) is 25.1 Å². The van der Waals surface area contributed by atoms with Crippen molar-refractivity contribution in [1.29, 1.82) is 0 Å². The molecular formula is C16H19NO3S. The van der Waals surface area contributed by atoms with Gasteiger partial charge in [-0.1, -0.05) is 29.8 Å². The van der Waals surface area contributed by atoms with Gasteiger partial charge in [-0.25, -0.2) is 8.42 Å².